The van der Waals surface area contributed by atoms with Crippen molar-refractivity contribution in [3.05, 3.63) is 12.7 Å². The van der Waals surface area contributed by atoms with E-state index >= 15 is 0 Å². The van der Waals surface area contributed by atoms with Gasteiger partial charge in [-0.2, -0.15) is 26.3 Å². The number of carbonyl (C=O) groups is 1. The molecule has 0 aromatic heterocycles. The average Bonchev–Trinajstić information content (AvgIpc) is 2.24. The molecule has 3 N–H and O–H groups in total. The van der Waals surface area contributed by atoms with Crippen molar-refractivity contribution >= 4 is 5.97 Å². The van der Waals surface area contributed by atoms with Crippen molar-refractivity contribution in [1.82, 2.24) is 0 Å². The van der Waals surface area contributed by atoms with Crippen molar-refractivity contribution in [2.45, 2.75) is 30.8 Å². The number of rotatable bonds is 4. The number of hydrogen-bond donors (Lipinski definition) is 3. The van der Waals surface area contributed by atoms with Crippen molar-refractivity contribution in [2.75, 3.05) is 6.61 Å². The highest BCUT2D eigenvalue weighted by Gasteiger charge is 2.54. The van der Waals surface area contributed by atoms with E-state index in [1.807, 2.05) is 0 Å². The maximum atomic E-state index is 11.9. The lowest BCUT2D eigenvalue weighted by Crippen LogP contribution is -2.49. The van der Waals surface area contributed by atoms with Gasteiger partial charge < -0.3 is 15.3 Å². The van der Waals surface area contributed by atoms with Crippen LogP contribution >= 0.6 is 0 Å². The van der Waals surface area contributed by atoms with Gasteiger partial charge in [-0.3, -0.25) is 0 Å². The second-order valence-electron chi connectivity index (χ2n) is 3.34. The molecule has 0 aromatic carbocycles. The van der Waals surface area contributed by atoms with E-state index in [9.17, 15) is 31.1 Å². The SMILES string of the molecule is C=CC(=O)O.OCC(O)(CCC(F)(F)F)C(F)(F)F. The Hall–Kier alpha value is -1.29. The number of alkyl halides is 6. The summed E-state index contributed by atoms with van der Waals surface area (Å²) in [7, 11) is 0. The summed E-state index contributed by atoms with van der Waals surface area (Å²) < 4.78 is 70.4. The van der Waals surface area contributed by atoms with Crippen molar-refractivity contribution in [3.8, 4) is 0 Å². The highest BCUT2D eigenvalue weighted by atomic mass is 19.4. The monoisotopic (exact) mass is 298 g/mol. The molecule has 0 aliphatic carbocycles. The molecule has 0 heterocycles. The largest absolute Gasteiger partial charge is 0.478 e. The first-order valence-corrected chi connectivity index (χ1v) is 4.61. The Morgan fingerprint density at radius 3 is 1.63 bits per heavy atom. The van der Waals surface area contributed by atoms with Crippen LogP contribution in [0, 0.1) is 0 Å². The van der Waals surface area contributed by atoms with E-state index in [4.69, 9.17) is 15.3 Å². The Bertz CT molecular complexity index is 298. The summed E-state index contributed by atoms with van der Waals surface area (Å²) in [5, 5.41) is 24.4. The smallest absolute Gasteiger partial charge is 0.419 e. The van der Waals surface area contributed by atoms with Crippen LogP contribution in [-0.2, 0) is 4.79 Å². The summed E-state index contributed by atoms with van der Waals surface area (Å²) >= 11 is 0. The Kier molecular flexibility index (Phi) is 7.74. The van der Waals surface area contributed by atoms with E-state index in [-0.39, 0.29) is 0 Å². The molecule has 0 spiro atoms. The minimum Gasteiger partial charge on any atom is -0.478 e. The Morgan fingerprint density at radius 2 is 1.47 bits per heavy atom. The zero-order chi connectivity index (χ0) is 15.9. The molecule has 0 radical (unpaired) electrons. The lowest BCUT2D eigenvalue weighted by atomic mass is 9.98. The van der Waals surface area contributed by atoms with Crippen molar-refractivity contribution in [1.29, 1.82) is 0 Å². The van der Waals surface area contributed by atoms with Crippen LogP contribution < -0.4 is 0 Å². The molecule has 0 aromatic rings. The summed E-state index contributed by atoms with van der Waals surface area (Å²) in [4.78, 5) is 9.25. The van der Waals surface area contributed by atoms with Gasteiger partial charge in [0.2, 0.25) is 0 Å². The number of carboxylic acid groups (broad SMARTS) is 1. The van der Waals surface area contributed by atoms with Crippen LogP contribution in [-0.4, -0.2) is 45.8 Å². The van der Waals surface area contributed by atoms with Crippen LogP contribution in [0.4, 0.5) is 26.3 Å². The van der Waals surface area contributed by atoms with Gasteiger partial charge in [0.25, 0.3) is 0 Å². The summed E-state index contributed by atoms with van der Waals surface area (Å²) in [6, 6.07) is 0. The van der Waals surface area contributed by atoms with Crippen molar-refractivity contribution in [2.24, 2.45) is 0 Å². The third kappa shape index (κ3) is 9.31. The quantitative estimate of drug-likeness (QED) is 0.547. The second kappa shape index (κ2) is 7.34. The first-order chi connectivity index (χ1) is 8.29. The number of aliphatic carboxylic acids is 1. The number of aliphatic hydroxyl groups excluding tert-OH is 1. The fraction of sp³-hybridized carbons (Fsp3) is 0.667. The molecular weight excluding hydrogens is 286 g/mol. The minimum atomic E-state index is -5.27. The predicted octanol–water partition coefficient (Wildman–Crippen LogP) is 1.87. The van der Waals surface area contributed by atoms with Crippen molar-refractivity contribution < 1.29 is 46.5 Å². The summed E-state index contributed by atoms with van der Waals surface area (Å²) in [6.07, 6.45) is -12.6. The molecule has 0 rings (SSSR count). The summed E-state index contributed by atoms with van der Waals surface area (Å²) in [6.45, 7) is 1.18. The van der Waals surface area contributed by atoms with Crippen LogP contribution in [0.2, 0.25) is 0 Å². The lowest BCUT2D eigenvalue weighted by Gasteiger charge is -2.28. The van der Waals surface area contributed by atoms with E-state index in [2.05, 4.69) is 6.58 Å². The third-order valence-corrected chi connectivity index (χ3v) is 1.79. The van der Waals surface area contributed by atoms with Crippen LogP contribution in [0.5, 0.6) is 0 Å². The molecule has 0 saturated carbocycles. The van der Waals surface area contributed by atoms with Crippen LogP contribution in [0.3, 0.4) is 0 Å². The Morgan fingerprint density at radius 1 is 1.11 bits per heavy atom. The van der Waals surface area contributed by atoms with Crippen LogP contribution in [0.25, 0.3) is 0 Å². The molecule has 0 saturated heterocycles. The molecule has 1 atom stereocenters. The molecule has 19 heavy (non-hydrogen) atoms. The first-order valence-electron chi connectivity index (χ1n) is 4.61. The number of aliphatic hydroxyl groups is 2. The van der Waals surface area contributed by atoms with Gasteiger partial charge in [-0.15, -0.1) is 0 Å². The maximum Gasteiger partial charge on any atom is 0.419 e. The Balaban J connectivity index is 0. The molecule has 10 heteroatoms. The minimum absolute atomic E-state index is 0.833. The van der Waals surface area contributed by atoms with Gasteiger partial charge in [0.1, 0.15) is 0 Å². The van der Waals surface area contributed by atoms with E-state index in [1.54, 1.807) is 0 Å². The summed E-state index contributed by atoms with van der Waals surface area (Å²) in [5.41, 5.74) is -3.68. The average molecular weight is 298 g/mol. The molecular formula is C9H12F6O4. The van der Waals surface area contributed by atoms with Gasteiger partial charge in [0.15, 0.2) is 5.60 Å². The first kappa shape index (κ1) is 20.0. The Labute approximate surface area is 104 Å². The lowest BCUT2D eigenvalue weighted by molar-refractivity contribution is -0.279. The normalized spacial score (nSPS) is 14.9. The van der Waals surface area contributed by atoms with Crippen molar-refractivity contribution in [3.63, 3.8) is 0 Å². The zero-order valence-electron chi connectivity index (χ0n) is 9.42. The molecule has 0 bridgehead atoms. The molecule has 1 unspecified atom stereocenters. The van der Waals surface area contributed by atoms with E-state index in [0.29, 0.717) is 0 Å². The third-order valence-electron chi connectivity index (χ3n) is 1.79. The molecule has 0 amide bonds. The molecule has 0 fully saturated rings. The standard InChI is InChI=1S/C6H8F6O2.C3H4O2/c7-5(8,9)2-1-4(14,3-13)6(10,11)12;1-2-3(4)5/h13-14H,1-3H2;2H,1H2,(H,4,5). The van der Waals surface area contributed by atoms with E-state index in [1.165, 1.54) is 0 Å². The highest BCUT2D eigenvalue weighted by Crippen LogP contribution is 2.36. The van der Waals surface area contributed by atoms with Gasteiger partial charge in [-0.1, -0.05) is 6.58 Å². The predicted molar refractivity (Wildman–Crippen MR) is 51.2 cm³/mol. The number of halogens is 6. The fourth-order valence-corrected chi connectivity index (χ4v) is 0.659. The van der Waals surface area contributed by atoms with Gasteiger partial charge in [-0.05, 0) is 6.42 Å². The van der Waals surface area contributed by atoms with Crippen LogP contribution in [0.15, 0.2) is 12.7 Å². The number of carboxylic acids is 1. The van der Waals surface area contributed by atoms with Gasteiger partial charge in [0, 0.05) is 12.5 Å². The second-order valence-corrected chi connectivity index (χ2v) is 3.34. The van der Waals surface area contributed by atoms with Gasteiger partial charge in [-0.25, -0.2) is 4.79 Å². The van der Waals surface area contributed by atoms with Gasteiger partial charge in [0.05, 0.1) is 6.61 Å². The van der Waals surface area contributed by atoms with Gasteiger partial charge >= 0.3 is 18.3 Å². The molecule has 0 aliphatic rings. The topological polar surface area (TPSA) is 77.8 Å². The van der Waals surface area contributed by atoms with Crippen LogP contribution in [0.1, 0.15) is 12.8 Å². The van der Waals surface area contributed by atoms with E-state index in [0.717, 1.165) is 6.08 Å². The van der Waals surface area contributed by atoms with E-state index < -0.39 is 43.4 Å². The fourth-order valence-electron chi connectivity index (χ4n) is 0.659. The zero-order valence-corrected chi connectivity index (χ0v) is 9.42. The molecule has 0 aliphatic heterocycles. The maximum absolute atomic E-state index is 11.9. The highest BCUT2D eigenvalue weighted by molar-refractivity contribution is 5.78. The number of hydrogen-bond acceptors (Lipinski definition) is 3. The molecule has 4 nitrogen and oxygen atoms in total. The molecule has 114 valence electrons. The summed E-state index contributed by atoms with van der Waals surface area (Å²) in [5.74, 6) is -0.981.